The lowest BCUT2D eigenvalue weighted by atomic mass is 10.1. The van der Waals surface area contributed by atoms with Crippen molar-refractivity contribution in [1.82, 2.24) is 10.2 Å². The highest BCUT2D eigenvalue weighted by Gasteiger charge is 2.24. The van der Waals surface area contributed by atoms with Crippen molar-refractivity contribution in [2.75, 3.05) is 40.0 Å². The molecule has 0 spiro atoms. The van der Waals surface area contributed by atoms with E-state index in [0.29, 0.717) is 25.9 Å². The summed E-state index contributed by atoms with van der Waals surface area (Å²) in [6.45, 7) is 0.988. The third-order valence-corrected chi connectivity index (χ3v) is 2.71. The molecule has 2 N–H and O–H groups in total. The normalized spacial score (nSPS) is 16.4. The van der Waals surface area contributed by atoms with Crippen LogP contribution in [-0.2, 0) is 14.3 Å². The fourth-order valence-corrected chi connectivity index (χ4v) is 1.83. The maximum absolute atomic E-state index is 11.5. The molecule has 1 saturated heterocycles. The molecule has 7 nitrogen and oxygen atoms in total. The van der Waals surface area contributed by atoms with Crippen LogP contribution in [0.4, 0.5) is 4.79 Å². The molecule has 104 valence electrons. The minimum absolute atomic E-state index is 0.0172. The van der Waals surface area contributed by atoms with Gasteiger partial charge in [-0.1, -0.05) is 0 Å². The summed E-state index contributed by atoms with van der Waals surface area (Å²) in [4.78, 5) is 24.4. The Morgan fingerprint density at radius 2 is 2.06 bits per heavy atom. The van der Waals surface area contributed by atoms with Crippen molar-refractivity contribution in [2.45, 2.75) is 18.9 Å². The summed E-state index contributed by atoms with van der Waals surface area (Å²) < 4.78 is 9.54. The van der Waals surface area contributed by atoms with Gasteiger partial charge in [-0.3, -0.25) is 4.79 Å². The molecule has 0 unspecified atom stereocenters. The van der Waals surface area contributed by atoms with Crippen molar-refractivity contribution in [3.8, 4) is 0 Å². The van der Waals surface area contributed by atoms with Crippen LogP contribution in [0, 0.1) is 0 Å². The first kappa shape index (κ1) is 14.7. The molecule has 0 aliphatic carbocycles. The molecule has 1 heterocycles. The van der Waals surface area contributed by atoms with E-state index in [1.807, 2.05) is 0 Å². The topological polar surface area (TPSA) is 88.1 Å². The number of carbonyl (C=O) groups excluding carboxylic acids is 2. The molecule has 7 heteroatoms. The van der Waals surface area contributed by atoms with E-state index in [9.17, 15) is 9.59 Å². The molecule has 0 saturated carbocycles. The molecule has 0 aromatic rings. The lowest BCUT2D eigenvalue weighted by Crippen LogP contribution is -2.47. The first-order chi connectivity index (χ1) is 8.67. The largest absolute Gasteiger partial charge is 0.447 e. The van der Waals surface area contributed by atoms with Crippen LogP contribution >= 0.6 is 0 Å². The maximum Gasteiger partial charge on any atom is 0.409 e. The lowest BCUT2D eigenvalue weighted by Gasteiger charge is -2.31. The fourth-order valence-electron chi connectivity index (χ4n) is 1.83. The number of amides is 2. The monoisotopic (exact) mass is 260 g/mol. The molecule has 0 radical (unpaired) electrons. The Morgan fingerprint density at radius 1 is 1.39 bits per heavy atom. The number of carbonyl (C=O) groups is 2. The highest BCUT2D eigenvalue weighted by atomic mass is 16.6. The molecule has 0 bridgehead atoms. The molecule has 0 atom stereocenters. The average molecular weight is 260 g/mol. The van der Waals surface area contributed by atoms with E-state index >= 15 is 0 Å². The number of likely N-dealkylation sites (tertiary alicyclic amines) is 1. The van der Waals surface area contributed by atoms with Crippen molar-refractivity contribution in [1.29, 1.82) is 0 Å². The molecule has 1 rings (SSSR count). The van der Waals surface area contributed by atoms with Gasteiger partial charge in [-0.2, -0.15) is 0 Å². The van der Waals surface area contributed by atoms with E-state index in [1.54, 1.807) is 4.90 Å². The van der Waals surface area contributed by atoms with Gasteiger partial charge in [0.05, 0.1) is 6.61 Å². The predicted octanol–water partition coefficient (Wildman–Crippen LogP) is -0.658. The van der Waals surface area contributed by atoms with Crippen molar-refractivity contribution in [3.63, 3.8) is 0 Å². The van der Waals surface area contributed by atoms with Crippen LogP contribution < -0.4 is 5.32 Å². The Hall–Kier alpha value is -1.34. The van der Waals surface area contributed by atoms with E-state index in [-0.39, 0.29) is 31.8 Å². The van der Waals surface area contributed by atoms with Crippen molar-refractivity contribution in [2.24, 2.45) is 0 Å². The number of aliphatic hydroxyl groups is 1. The summed E-state index contributed by atoms with van der Waals surface area (Å²) in [6.07, 6.45) is 0.985. The summed E-state index contributed by atoms with van der Waals surface area (Å²) in [6, 6.07) is 0.0783. The third-order valence-electron chi connectivity index (χ3n) is 2.71. The van der Waals surface area contributed by atoms with Crippen LogP contribution in [0.25, 0.3) is 0 Å². The van der Waals surface area contributed by atoms with Gasteiger partial charge in [0.1, 0.15) is 13.2 Å². The van der Waals surface area contributed by atoms with Gasteiger partial charge < -0.3 is 24.8 Å². The highest BCUT2D eigenvalue weighted by Crippen LogP contribution is 2.11. The van der Waals surface area contributed by atoms with Gasteiger partial charge in [0, 0.05) is 26.2 Å². The Bertz CT molecular complexity index is 277. The molecule has 2 amide bonds. The molecule has 0 aromatic heterocycles. The Balaban J connectivity index is 2.23. The van der Waals surface area contributed by atoms with E-state index in [0.717, 1.165) is 0 Å². The lowest BCUT2D eigenvalue weighted by molar-refractivity contribution is -0.125. The maximum atomic E-state index is 11.5. The number of nitrogens with zero attached hydrogens (tertiary/aromatic N) is 1. The second kappa shape index (κ2) is 7.88. The molecule has 1 aliphatic rings. The van der Waals surface area contributed by atoms with Crippen LogP contribution in [0.5, 0.6) is 0 Å². The summed E-state index contributed by atoms with van der Waals surface area (Å²) in [7, 11) is 1.47. The number of hydrogen-bond donors (Lipinski definition) is 2. The first-order valence-electron chi connectivity index (χ1n) is 5.98. The molecule has 1 aliphatic heterocycles. The minimum Gasteiger partial charge on any atom is -0.447 e. The Morgan fingerprint density at radius 3 is 2.61 bits per heavy atom. The summed E-state index contributed by atoms with van der Waals surface area (Å²) >= 11 is 0. The molecule has 18 heavy (non-hydrogen) atoms. The summed E-state index contributed by atoms with van der Waals surface area (Å²) in [5.41, 5.74) is 0. The number of ether oxygens (including phenoxy) is 2. The van der Waals surface area contributed by atoms with Gasteiger partial charge in [-0.15, -0.1) is 0 Å². The van der Waals surface area contributed by atoms with Crippen LogP contribution in [0.3, 0.4) is 0 Å². The number of aliphatic hydroxyl groups excluding tert-OH is 1. The van der Waals surface area contributed by atoms with E-state index in [1.165, 1.54) is 7.11 Å². The Kier molecular flexibility index (Phi) is 6.45. The fraction of sp³-hybridized carbons (Fsp3) is 0.818. The van der Waals surface area contributed by atoms with Crippen molar-refractivity contribution < 1.29 is 24.2 Å². The quantitative estimate of drug-likeness (QED) is 0.685. The van der Waals surface area contributed by atoms with Crippen molar-refractivity contribution in [3.05, 3.63) is 0 Å². The zero-order valence-electron chi connectivity index (χ0n) is 10.6. The number of piperidine rings is 1. The second-order valence-electron chi connectivity index (χ2n) is 4.10. The molecule has 1 fully saturated rings. The predicted molar refractivity (Wildman–Crippen MR) is 63.0 cm³/mol. The van der Waals surface area contributed by atoms with E-state index in [2.05, 4.69) is 5.32 Å². The van der Waals surface area contributed by atoms with Gasteiger partial charge in [0.25, 0.3) is 0 Å². The van der Waals surface area contributed by atoms with Gasteiger partial charge in [-0.05, 0) is 12.8 Å². The molecular formula is C11H20N2O5. The van der Waals surface area contributed by atoms with Gasteiger partial charge in [0.2, 0.25) is 5.91 Å². The number of hydrogen-bond acceptors (Lipinski definition) is 5. The second-order valence-corrected chi connectivity index (χ2v) is 4.10. The summed E-state index contributed by atoms with van der Waals surface area (Å²) in [5, 5.41) is 11.4. The van der Waals surface area contributed by atoms with Crippen LogP contribution in [0.15, 0.2) is 0 Å². The van der Waals surface area contributed by atoms with Gasteiger partial charge in [0.15, 0.2) is 0 Å². The average Bonchev–Trinajstić information content (AvgIpc) is 2.37. The van der Waals surface area contributed by atoms with Gasteiger partial charge >= 0.3 is 6.09 Å². The highest BCUT2D eigenvalue weighted by molar-refractivity contribution is 5.77. The Labute approximate surface area is 106 Å². The van der Waals surface area contributed by atoms with Crippen LogP contribution in [0.1, 0.15) is 12.8 Å². The smallest absolute Gasteiger partial charge is 0.409 e. The van der Waals surface area contributed by atoms with Crippen LogP contribution in [0.2, 0.25) is 0 Å². The number of rotatable bonds is 5. The SMILES string of the molecule is COCC(=O)NC1CCN(C(=O)OCCO)CC1. The minimum atomic E-state index is -0.411. The number of methoxy groups -OCH3 is 1. The van der Waals surface area contributed by atoms with E-state index in [4.69, 9.17) is 14.6 Å². The molecular weight excluding hydrogens is 240 g/mol. The van der Waals surface area contributed by atoms with Gasteiger partial charge in [-0.25, -0.2) is 4.79 Å². The zero-order chi connectivity index (χ0) is 13.4. The first-order valence-corrected chi connectivity index (χ1v) is 5.98. The van der Waals surface area contributed by atoms with E-state index < -0.39 is 6.09 Å². The zero-order valence-corrected chi connectivity index (χ0v) is 10.6. The standard InChI is InChI=1S/C11H20N2O5/c1-17-8-10(15)12-9-2-4-13(5-3-9)11(16)18-7-6-14/h9,14H,2-8H2,1H3,(H,12,15). The van der Waals surface area contributed by atoms with Crippen LogP contribution in [-0.4, -0.2) is 68.1 Å². The number of nitrogens with one attached hydrogen (secondary N) is 1. The van der Waals surface area contributed by atoms with Crippen molar-refractivity contribution >= 4 is 12.0 Å². The third kappa shape index (κ3) is 4.89. The summed E-state index contributed by atoms with van der Waals surface area (Å²) in [5.74, 6) is -0.140. The molecule has 0 aromatic carbocycles.